The number of nitrogens with one attached hydrogen (secondary N) is 2. The summed E-state index contributed by atoms with van der Waals surface area (Å²) in [6.45, 7) is 4.15. The van der Waals surface area contributed by atoms with Crippen LogP contribution >= 0.6 is 0 Å². The minimum Gasteiger partial charge on any atom is -0.454 e. The number of aryl methyl sites for hydroxylation is 1. The Morgan fingerprint density at radius 3 is 3.04 bits per heavy atom. The van der Waals surface area contributed by atoms with Crippen LogP contribution in [0.25, 0.3) is 6.08 Å². The number of hydrogen-bond acceptors (Lipinski definition) is 7. The number of ether oxygens (including phenoxy) is 2. The predicted molar refractivity (Wildman–Crippen MR) is 93.4 cm³/mol. The maximum atomic E-state index is 12.2. The van der Waals surface area contributed by atoms with Gasteiger partial charge in [-0.25, -0.2) is 4.99 Å². The highest BCUT2D eigenvalue weighted by Gasteiger charge is 2.23. The molecule has 0 atom stereocenters. The molecule has 8 nitrogen and oxygen atoms in total. The van der Waals surface area contributed by atoms with Gasteiger partial charge in [0, 0.05) is 26.7 Å². The molecule has 3 N–H and O–H groups in total. The molecule has 0 saturated heterocycles. The van der Waals surface area contributed by atoms with Gasteiger partial charge in [-0.3, -0.25) is 10.1 Å². The smallest absolute Gasteiger partial charge is 0.276 e. The monoisotopic (exact) mass is 346 g/mol. The maximum absolute atomic E-state index is 12.2. The van der Waals surface area contributed by atoms with Gasteiger partial charge in [0.05, 0.1) is 6.61 Å². The van der Waals surface area contributed by atoms with E-state index in [9.17, 15) is 4.79 Å². The Bertz CT molecular complexity index is 730. The summed E-state index contributed by atoms with van der Waals surface area (Å²) in [5.41, 5.74) is 2.14. The topological polar surface area (TPSA) is 95.4 Å². The van der Waals surface area contributed by atoms with Crippen molar-refractivity contribution in [1.82, 2.24) is 15.5 Å². The lowest BCUT2D eigenvalue weighted by molar-refractivity contribution is -0.115. The normalized spacial score (nSPS) is 17.0. The molecule has 0 aliphatic carbocycles. The SMILES string of the molecule is Cc1cc(/C=C2\N=C(N(C)CCNCCO)NC2=O)cc2c1OCO2. The number of fused-ring (bicyclic) bond motifs is 1. The minimum absolute atomic E-state index is 0.100. The van der Waals surface area contributed by atoms with Crippen molar-refractivity contribution in [3.8, 4) is 11.5 Å². The average Bonchev–Trinajstić information content (AvgIpc) is 3.19. The molecule has 8 heteroatoms. The molecule has 0 bridgehead atoms. The van der Waals surface area contributed by atoms with Crippen LogP contribution in [-0.2, 0) is 4.79 Å². The van der Waals surface area contributed by atoms with Gasteiger partial charge in [0.25, 0.3) is 5.91 Å². The summed E-state index contributed by atoms with van der Waals surface area (Å²) in [4.78, 5) is 18.4. The van der Waals surface area contributed by atoms with Crippen molar-refractivity contribution in [2.75, 3.05) is 40.1 Å². The Morgan fingerprint density at radius 2 is 2.24 bits per heavy atom. The van der Waals surface area contributed by atoms with Crippen molar-refractivity contribution in [1.29, 1.82) is 0 Å². The molecule has 2 heterocycles. The van der Waals surface area contributed by atoms with E-state index >= 15 is 0 Å². The van der Waals surface area contributed by atoms with Crippen LogP contribution in [0.4, 0.5) is 0 Å². The molecule has 25 heavy (non-hydrogen) atoms. The number of rotatable bonds is 6. The molecule has 0 aromatic heterocycles. The fourth-order valence-electron chi connectivity index (χ4n) is 2.65. The quantitative estimate of drug-likeness (QED) is 0.498. The van der Waals surface area contributed by atoms with Crippen LogP contribution in [0, 0.1) is 6.92 Å². The molecule has 0 radical (unpaired) electrons. The van der Waals surface area contributed by atoms with Crippen molar-refractivity contribution >= 4 is 17.9 Å². The Hall–Kier alpha value is -2.58. The lowest BCUT2D eigenvalue weighted by Crippen LogP contribution is -2.41. The first-order valence-corrected chi connectivity index (χ1v) is 8.13. The van der Waals surface area contributed by atoms with Crippen molar-refractivity contribution in [2.45, 2.75) is 6.92 Å². The predicted octanol–water partition coefficient (Wildman–Crippen LogP) is 0.0641. The number of carbonyl (C=O) groups is 1. The third-order valence-corrected chi connectivity index (χ3v) is 3.94. The third kappa shape index (κ3) is 3.92. The van der Waals surface area contributed by atoms with Crippen LogP contribution in [0.15, 0.2) is 22.8 Å². The summed E-state index contributed by atoms with van der Waals surface area (Å²) in [7, 11) is 1.85. The number of amides is 1. The standard InChI is InChI=1S/C17H22N4O4/c1-11-7-12(9-14-15(11)25-10-24-14)8-13-16(23)20-17(19-13)21(2)5-3-18-4-6-22/h7-9,18,22H,3-6,10H2,1-2H3,(H,19,20,23)/b13-8-. The van der Waals surface area contributed by atoms with E-state index in [4.69, 9.17) is 14.6 Å². The number of aliphatic hydroxyl groups excluding tert-OH is 1. The Balaban J connectivity index is 1.72. The van der Waals surface area contributed by atoms with Gasteiger partial charge < -0.3 is 24.8 Å². The zero-order chi connectivity index (χ0) is 17.8. The van der Waals surface area contributed by atoms with E-state index in [0.717, 1.165) is 16.9 Å². The number of aliphatic hydroxyl groups is 1. The van der Waals surface area contributed by atoms with Crippen molar-refractivity contribution in [3.63, 3.8) is 0 Å². The Kier molecular flexibility index (Phi) is 5.20. The number of hydrogen-bond donors (Lipinski definition) is 3. The van der Waals surface area contributed by atoms with Crippen LogP contribution < -0.4 is 20.1 Å². The van der Waals surface area contributed by atoms with Crippen LogP contribution in [0.3, 0.4) is 0 Å². The molecule has 3 rings (SSSR count). The first-order chi connectivity index (χ1) is 12.1. The Labute approximate surface area is 146 Å². The number of nitrogens with zero attached hydrogens (tertiary/aromatic N) is 2. The largest absolute Gasteiger partial charge is 0.454 e. The average molecular weight is 346 g/mol. The van der Waals surface area contributed by atoms with E-state index in [1.54, 1.807) is 6.08 Å². The first kappa shape index (κ1) is 17.2. The minimum atomic E-state index is -0.236. The molecular weight excluding hydrogens is 324 g/mol. The molecule has 0 spiro atoms. The van der Waals surface area contributed by atoms with Gasteiger partial charge in [0.15, 0.2) is 11.5 Å². The summed E-state index contributed by atoms with van der Waals surface area (Å²) in [5.74, 6) is 1.71. The van der Waals surface area contributed by atoms with Crippen LogP contribution in [-0.4, -0.2) is 62.0 Å². The highest BCUT2D eigenvalue weighted by atomic mass is 16.7. The first-order valence-electron chi connectivity index (χ1n) is 8.13. The number of aliphatic imine (C=N–C) groups is 1. The van der Waals surface area contributed by atoms with Crippen LogP contribution in [0.5, 0.6) is 11.5 Å². The summed E-state index contributed by atoms with van der Waals surface area (Å²) in [5, 5.41) is 14.6. The molecule has 2 aliphatic rings. The maximum Gasteiger partial charge on any atom is 0.276 e. The zero-order valence-corrected chi connectivity index (χ0v) is 14.3. The number of benzene rings is 1. The molecule has 1 aromatic rings. The Morgan fingerprint density at radius 1 is 1.40 bits per heavy atom. The molecule has 134 valence electrons. The summed E-state index contributed by atoms with van der Waals surface area (Å²) >= 11 is 0. The number of carbonyl (C=O) groups excluding carboxylic acids is 1. The van der Waals surface area contributed by atoms with Crippen molar-refractivity contribution < 1.29 is 19.4 Å². The molecule has 0 unspecified atom stereocenters. The highest BCUT2D eigenvalue weighted by molar-refractivity contribution is 6.13. The van der Waals surface area contributed by atoms with Crippen molar-refractivity contribution in [3.05, 3.63) is 29.0 Å². The van der Waals surface area contributed by atoms with Crippen LogP contribution in [0.2, 0.25) is 0 Å². The fourth-order valence-corrected chi connectivity index (χ4v) is 2.65. The summed E-state index contributed by atoms with van der Waals surface area (Å²) < 4.78 is 10.8. The molecule has 2 aliphatic heterocycles. The van der Waals surface area contributed by atoms with E-state index in [1.807, 2.05) is 31.0 Å². The van der Waals surface area contributed by atoms with Crippen molar-refractivity contribution in [2.24, 2.45) is 4.99 Å². The second-order valence-corrected chi connectivity index (χ2v) is 5.89. The van der Waals surface area contributed by atoms with Gasteiger partial charge in [0.2, 0.25) is 12.8 Å². The third-order valence-electron chi connectivity index (χ3n) is 3.94. The second-order valence-electron chi connectivity index (χ2n) is 5.89. The van der Waals surface area contributed by atoms with Gasteiger partial charge in [0.1, 0.15) is 5.70 Å². The van der Waals surface area contributed by atoms with E-state index in [1.165, 1.54) is 0 Å². The fraction of sp³-hybridized carbons (Fsp3) is 0.412. The molecule has 0 fully saturated rings. The van der Waals surface area contributed by atoms with Gasteiger partial charge >= 0.3 is 0 Å². The number of guanidine groups is 1. The summed E-state index contributed by atoms with van der Waals surface area (Å²) in [6, 6.07) is 3.77. The van der Waals surface area contributed by atoms with Crippen LogP contribution in [0.1, 0.15) is 11.1 Å². The van der Waals surface area contributed by atoms with E-state index in [2.05, 4.69) is 15.6 Å². The lowest BCUT2D eigenvalue weighted by Gasteiger charge is -2.18. The molecule has 1 aromatic carbocycles. The zero-order valence-electron chi connectivity index (χ0n) is 14.3. The van der Waals surface area contributed by atoms with E-state index < -0.39 is 0 Å². The van der Waals surface area contributed by atoms with E-state index in [0.29, 0.717) is 37.0 Å². The number of likely N-dealkylation sites (N-methyl/N-ethyl adjacent to an activating group) is 1. The lowest BCUT2D eigenvalue weighted by atomic mass is 10.1. The summed E-state index contributed by atoms with van der Waals surface area (Å²) in [6.07, 6.45) is 1.73. The van der Waals surface area contributed by atoms with Gasteiger partial charge in [-0.05, 0) is 36.3 Å². The molecule has 0 saturated carbocycles. The van der Waals surface area contributed by atoms with E-state index in [-0.39, 0.29) is 19.3 Å². The molecule has 1 amide bonds. The second kappa shape index (κ2) is 7.54. The highest BCUT2D eigenvalue weighted by Crippen LogP contribution is 2.36. The van der Waals surface area contributed by atoms with Gasteiger partial charge in [-0.15, -0.1) is 0 Å². The van der Waals surface area contributed by atoms with Gasteiger partial charge in [-0.2, -0.15) is 0 Å². The molecular formula is C17H22N4O4. The van der Waals surface area contributed by atoms with Gasteiger partial charge in [-0.1, -0.05) is 0 Å².